The molecule has 0 aliphatic heterocycles. The molecule has 4 rings (SSSR count). The Morgan fingerprint density at radius 1 is 0.625 bits per heavy atom. The summed E-state index contributed by atoms with van der Waals surface area (Å²) in [6, 6.07) is 23.3. The molecular weight excluding hydrogens is 402 g/mol. The Morgan fingerprint density at radius 3 is 1.69 bits per heavy atom. The minimum atomic E-state index is 0.0927. The van der Waals surface area contributed by atoms with Crippen molar-refractivity contribution < 1.29 is 20.1 Å². The van der Waals surface area contributed by atoms with Gasteiger partial charge in [-0.05, 0) is 110 Å². The van der Waals surface area contributed by atoms with Gasteiger partial charge in [0.25, 0.3) is 0 Å². The summed E-state index contributed by atoms with van der Waals surface area (Å²) in [5.74, 6) is 1.49. The molecule has 0 saturated heterocycles. The van der Waals surface area contributed by atoms with E-state index in [-0.39, 0.29) is 17.2 Å². The molecule has 162 valence electrons. The minimum absolute atomic E-state index is 0.0927. The zero-order chi connectivity index (χ0) is 22.8. The molecule has 0 unspecified atom stereocenters. The van der Waals surface area contributed by atoms with E-state index in [0.29, 0.717) is 11.5 Å². The van der Waals surface area contributed by atoms with E-state index in [0.717, 1.165) is 33.8 Å². The Balaban J connectivity index is 1.74. The van der Waals surface area contributed by atoms with Crippen LogP contribution in [0.3, 0.4) is 0 Å². The number of anilines is 3. The van der Waals surface area contributed by atoms with Crippen LogP contribution >= 0.6 is 0 Å². The van der Waals surface area contributed by atoms with Crippen LogP contribution in [0.1, 0.15) is 16.7 Å². The predicted octanol–water partition coefficient (Wildman–Crippen LogP) is 6.99. The number of aryl methyl sites for hydroxylation is 3. The first-order chi connectivity index (χ1) is 15.3. The monoisotopic (exact) mass is 427 g/mol. The predicted molar refractivity (Wildman–Crippen MR) is 127 cm³/mol. The van der Waals surface area contributed by atoms with E-state index in [9.17, 15) is 15.3 Å². The number of ether oxygens (including phenoxy) is 1. The summed E-state index contributed by atoms with van der Waals surface area (Å²) in [5.41, 5.74) is 5.45. The molecule has 0 aliphatic rings. The van der Waals surface area contributed by atoms with Crippen molar-refractivity contribution in [3.8, 4) is 28.7 Å². The van der Waals surface area contributed by atoms with Gasteiger partial charge in [0.05, 0.1) is 0 Å². The molecule has 0 spiro atoms. The fourth-order valence-corrected chi connectivity index (χ4v) is 3.69. The van der Waals surface area contributed by atoms with E-state index in [4.69, 9.17) is 4.74 Å². The Morgan fingerprint density at radius 2 is 1.19 bits per heavy atom. The molecule has 0 atom stereocenters. The van der Waals surface area contributed by atoms with E-state index in [2.05, 4.69) is 4.90 Å². The zero-order valence-corrected chi connectivity index (χ0v) is 18.2. The van der Waals surface area contributed by atoms with E-state index in [1.807, 2.05) is 63.2 Å². The molecule has 32 heavy (non-hydrogen) atoms. The summed E-state index contributed by atoms with van der Waals surface area (Å²) in [6.07, 6.45) is 0. The van der Waals surface area contributed by atoms with Crippen LogP contribution < -0.4 is 9.64 Å². The van der Waals surface area contributed by atoms with Crippen molar-refractivity contribution in [2.75, 3.05) is 4.90 Å². The van der Waals surface area contributed by atoms with Crippen LogP contribution in [-0.4, -0.2) is 15.3 Å². The highest BCUT2D eigenvalue weighted by atomic mass is 16.5. The highest BCUT2D eigenvalue weighted by Crippen LogP contribution is 2.41. The molecule has 0 fully saturated rings. The second-order valence-corrected chi connectivity index (χ2v) is 7.84. The molecule has 0 radical (unpaired) electrons. The number of phenolic OH excluding ortho intramolecular Hbond substituents is 3. The first-order valence-electron chi connectivity index (χ1n) is 10.3. The SMILES string of the molecule is Cc1ccc(Oc2ccc(N(c3ccc(O)cc3C)c3ccc(O)cc3C)cc2)c(O)c1. The molecule has 0 bridgehead atoms. The average Bonchev–Trinajstić information content (AvgIpc) is 2.74. The van der Waals surface area contributed by atoms with Crippen molar-refractivity contribution in [1.29, 1.82) is 0 Å². The van der Waals surface area contributed by atoms with Gasteiger partial charge in [-0.25, -0.2) is 0 Å². The number of nitrogens with zero attached hydrogens (tertiary/aromatic N) is 1. The maximum Gasteiger partial charge on any atom is 0.169 e. The summed E-state index contributed by atoms with van der Waals surface area (Å²) < 4.78 is 5.85. The molecular formula is C27H25NO4. The lowest BCUT2D eigenvalue weighted by Gasteiger charge is -2.28. The van der Waals surface area contributed by atoms with Crippen LogP contribution in [0.5, 0.6) is 28.7 Å². The van der Waals surface area contributed by atoms with Gasteiger partial charge < -0.3 is 25.0 Å². The first-order valence-corrected chi connectivity index (χ1v) is 10.3. The van der Waals surface area contributed by atoms with Crippen molar-refractivity contribution in [2.45, 2.75) is 20.8 Å². The summed E-state index contributed by atoms with van der Waals surface area (Å²) >= 11 is 0. The molecule has 4 aromatic rings. The third kappa shape index (κ3) is 4.32. The van der Waals surface area contributed by atoms with Gasteiger partial charge in [0.1, 0.15) is 17.2 Å². The number of phenols is 3. The fourth-order valence-electron chi connectivity index (χ4n) is 3.69. The standard InChI is InChI=1S/C27H25NO4/c1-17-4-13-27(26(31)14-17)32-23-9-5-20(6-10-23)28(24-11-7-21(29)15-18(24)2)25-12-8-22(30)16-19(25)3/h4-16,29-31H,1-3H3. The quantitative estimate of drug-likeness (QED) is 0.320. The minimum Gasteiger partial charge on any atom is -0.508 e. The first kappa shape index (κ1) is 21.1. The van der Waals surface area contributed by atoms with E-state index in [1.54, 1.807) is 36.4 Å². The van der Waals surface area contributed by atoms with Gasteiger partial charge >= 0.3 is 0 Å². The van der Waals surface area contributed by atoms with Gasteiger partial charge in [-0.2, -0.15) is 0 Å². The number of benzene rings is 4. The number of hydrogen-bond acceptors (Lipinski definition) is 5. The van der Waals surface area contributed by atoms with Gasteiger partial charge in [-0.3, -0.25) is 0 Å². The van der Waals surface area contributed by atoms with Crippen LogP contribution in [0.15, 0.2) is 78.9 Å². The normalized spacial score (nSPS) is 10.7. The number of rotatable bonds is 5. The largest absolute Gasteiger partial charge is 0.508 e. The van der Waals surface area contributed by atoms with Gasteiger partial charge in [0.15, 0.2) is 11.5 Å². The maximum atomic E-state index is 10.1. The lowest BCUT2D eigenvalue weighted by atomic mass is 10.1. The molecule has 4 aromatic carbocycles. The lowest BCUT2D eigenvalue weighted by Crippen LogP contribution is -2.12. The molecule has 0 saturated carbocycles. The van der Waals surface area contributed by atoms with Crippen molar-refractivity contribution in [2.24, 2.45) is 0 Å². The van der Waals surface area contributed by atoms with E-state index >= 15 is 0 Å². The second kappa shape index (κ2) is 8.55. The summed E-state index contributed by atoms with van der Waals surface area (Å²) in [6.45, 7) is 5.79. The zero-order valence-electron chi connectivity index (χ0n) is 18.2. The smallest absolute Gasteiger partial charge is 0.169 e. The summed E-state index contributed by atoms with van der Waals surface area (Å²) in [5, 5.41) is 29.9. The van der Waals surface area contributed by atoms with Crippen LogP contribution in [0.4, 0.5) is 17.1 Å². The van der Waals surface area contributed by atoms with Crippen LogP contribution in [0.2, 0.25) is 0 Å². The highest BCUT2D eigenvalue weighted by molar-refractivity contribution is 5.80. The fraction of sp³-hybridized carbons (Fsp3) is 0.111. The number of hydrogen-bond donors (Lipinski definition) is 3. The van der Waals surface area contributed by atoms with Gasteiger partial charge in [-0.1, -0.05) is 6.07 Å². The third-order valence-electron chi connectivity index (χ3n) is 5.28. The lowest BCUT2D eigenvalue weighted by molar-refractivity contribution is 0.411. The van der Waals surface area contributed by atoms with Crippen molar-refractivity contribution in [1.82, 2.24) is 0 Å². The average molecular weight is 428 g/mol. The topological polar surface area (TPSA) is 73.2 Å². The molecule has 5 nitrogen and oxygen atoms in total. The Bertz CT molecular complexity index is 1210. The van der Waals surface area contributed by atoms with Gasteiger partial charge in [-0.15, -0.1) is 0 Å². The molecule has 0 aromatic heterocycles. The molecule has 3 N–H and O–H groups in total. The van der Waals surface area contributed by atoms with Crippen LogP contribution in [-0.2, 0) is 0 Å². The van der Waals surface area contributed by atoms with Crippen LogP contribution in [0, 0.1) is 20.8 Å². The Labute approximate surface area is 187 Å². The second-order valence-electron chi connectivity index (χ2n) is 7.84. The van der Waals surface area contributed by atoms with Crippen molar-refractivity contribution in [3.05, 3.63) is 95.6 Å². The van der Waals surface area contributed by atoms with Crippen LogP contribution in [0.25, 0.3) is 0 Å². The van der Waals surface area contributed by atoms with Crippen molar-refractivity contribution >= 4 is 17.1 Å². The van der Waals surface area contributed by atoms with Crippen molar-refractivity contribution in [3.63, 3.8) is 0 Å². The Hall–Kier alpha value is -4.12. The number of aromatic hydroxyl groups is 3. The summed E-state index contributed by atoms with van der Waals surface area (Å²) in [4.78, 5) is 2.07. The van der Waals surface area contributed by atoms with Gasteiger partial charge in [0.2, 0.25) is 0 Å². The molecule has 0 amide bonds. The third-order valence-corrected chi connectivity index (χ3v) is 5.28. The maximum absolute atomic E-state index is 10.1. The highest BCUT2D eigenvalue weighted by Gasteiger charge is 2.17. The Kier molecular flexibility index (Phi) is 5.65. The van der Waals surface area contributed by atoms with E-state index in [1.165, 1.54) is 0 Å². The summed E-state index contributed by atoms with van der Waals surface area (Å²) in [7, 11) is 0. The molecule has 0 heterocycles. The van der Waals surface area contributed by atoms with Gasteiger partial charge in [0, 0.05) is 17.1 Å². The molecule has 5 heteroatoms. The molecule has 0 aliphatic carbocycles. The van der Waals surface area contributed by atoms with E-state index < -0.39 is 0 Å².